The number of amides is 1. The first-order valence-corrected chi connectivity index (χ1v) is 9.68. The number of anilines is 2. The Labute approximate surface area is 168 Å². The van der Waals surface area contributed by atoms with Gasteiger partial charge >= 0.3 is 0 Å². The lowest BCUT2D eigenvalue weighted by atomic mass is 10.0. The molecule has 0 radical (unpaired) electrons. The van der Waals surface area contributed by atoms with Crippen molar-refractivity contribution in [2.75, 3.05) is 23.8 Å². The van der Waals surface area contributed by atoms with Crippen LogP contribution < -0.4 is 15.4 Å². The van der Waals surface area contributed by atoms with Gasteiger partial charge in [0.25, 0.3) is 5.89 Å². The summed E-state index contributed by atoms with van der Waals surface area (Å²) in [4.78, 5) is 20.2. The van der Waals surface area contributed by atoms with E-state index in [0.717, 1.165) is 29.0 Å². The van der Waals surface area contributed by atoms with Gasteiger partial charge < -0.3 is 19.9 Å². The SMILES string of the molecule is CC(C)c1noc(-c2ccnc(NCCOc3ccc4c(c3)CCC(=O)N4)c2)n1. The maximum absolute atomic E-state index is 11.4. The predicted octanol–water partition coefficient (Wildman–Crippen LogP) is 3.63. The van der Waals surface area contributed by atoms with Crippen LogP contribution in [0.15, 0.2) is 41.1 Å². The molecule has 2 N–H and O–H groups in total. The Morgan fingerprint density at radius 2 is 2.14 bits per heavy atom. The Kier molecular flexibility index (Phi) is 5.41. The van der Waals surface area contributed by atoms with Gasteiger partial charge in [0.2, 0.25) is 5.91 Å². The number of ether oxygens (including phenoxy) is 1. The van der Waals surface area contributed by atoms with E-state index >= 15 is 0 Å². The molecule has 29 heavy (non-hydrogen) atoms. The standard InChI is InChI=1S/C21H23N5O3/c1-13(2)20-25-21(29-26-20)15-7-8-22-18(12-15)23-9-10-28-16-4-5-17-14(11-16)3-6-19(27)24-17/h4-5,7-8,11-13H,3,6,9-10H2,1-2H3,(H,22,23)(H,24,27). The summed E-state index contributed by atoms with van der Waals surface area (Å²) in [6, 6.07) is 9.45. The zero-order valence-electron chi connectivity index (χ0n) is 16.4. The molecule has 4 rings (SSSR count). The minimum absolute atomic E-state index is 0.0612. The number of nitrogens with one attached hydrogen (secondary N) is 2. The minimum Gasteiger partial charge on any atom is -0.492 e. The molecule has 0 saturated carbocycles. The fraction of sp³-hybridized carbons (Fsp3) is 0.333. The average molecular weight is 393 g/mol. The molecule has 8 nitrogen and oxygen atoms in total. The van der Waals surface area contributed by atoms with Crippen molar-refractivity contribution in [3.8, 4) is 17.2 Å². The van der Waals surface area contributed by atoms with Crippen molar-refractivity contribution in [3.63, 3.8) is 0 Å². The van der Waals surface area contributed by atoms with Gasteiger partial charge in [-0.2, -0.15) is 4.98 Å². The molecule has 0 unspecified atom stereocenters. The van der Waals surface area contributed by atoms with Gasteiger partial charge in [-0.15, -0.1) is 0 Å². The molecule has 150 valence electrons. The molecule has 3 heterocycles. The van der Waals surface area contributed by atoms with Crippen molar-refractivity contribution < 1.29 is 14.1 Å². The quantitative estimate of drug-likeness (QED) is 0.591. The van der Waals surface area contributed by atoms with Gasteiger partial charge in [0.15, 0.2) is 5.82 Å². The summed E-state index contributed by atoms with van der Waals surface area (Å²) in [5, 5.41) is 10.1. The van der Waals surface area contributed by atoms with Gasteiger partial charge in [-0.25, -0.2) is 4.98 Å². The Morgan fingerprint density at radius 1 is 1.24 bits per heavy atom. The van der Waals surface area contributed by atoms with E-state index in [2.05, 4.69) is 25.8 Å². The molecule has 0 fully saturated rings. The van der Waals surface area contributed by atoms with Crippen LogP contribution in [-0.4, -0.2) is 34.2 Å². The largest absolute Gasteiger partial charge is 0.492 e. The summed E-state index contributed by atoms with van der Waals surface area (Å²) in [6.07, 6.45) is 2.95. The highest BCUT2D eigenvalue weighted by molar-refractivity contribution is 5.94. The molecule has 0 spiro atoms. The number of rotatable bonds is 7. The number of pyridine rings is 1. The second kappa shape index (κ2) is 8.30. The summed E-state index contributed by atoms with van der Waals surface area (Å²) in [5.74, 6) is 2.94. The van der Waals surface area contributed by atoms with Gasteiger partial charge in [0.1, 0.15) is 18.2 Å². The molecule has 8 heteroatoms. The lowest BCUT2D eigenvalue weighted by Gasteiger charge is -2.17. The van der Waals surface area contributed by atoms with Crippen molar-refractivity contribution in [1.82, 2.24) is 15.1 Å². The Hall–Kier alpha value is -3.42. The smallest absolute Gasteiger partial charge is 0.258 e. The molecule has 0 atom stereocenters. The van der Waals surface area contributed by atoms with Crippen LogP contribution in [0.5, 0.6) is 5.75 Å². The van der Waals surface area contributed by atoms with Crippen molar-refractivity contribution in [2.45, 2.75) is 32.6 Å². The molecule has 0 saturated heterocycles. The van der Waals surface area contributed by atoms with E-state index in [1.807, 2.05) is 44.2 Å². The molecular formula is C21H23N5O3. The fourth-order valence-electron chi connectivity index (χ4n) is 3.04. The van der Waals surface area contributed by atoms with Gasteiger partial charge in [-0.05, 0) is 42.3 Å². The number of hydrogen-bond donors (Lipinski definition) is 2. The first-order chi connectivity index (χ1) is 14.1. The molecule has 3 aromatic rings. The van der Waals surface area contributed by atoms with Crippen molar-refractivity contribution in [2.24, 2.45) is 0 Å². The molecule has 1 aliphatic heterocycles. The van der Waals surface area contributed by atoms with Crippen molar-refractivity contribution in [3.05, 3.63) is 47.9 Å². The van der Waals surface area contributed by atoms with E-state index in [9.17, 15) is 4.79 Å². The highest BCUT2D eigenvalue weighted by atomic mass is 16.5. The summed E-state index contributed by atoms with van der Waals surface area (Å²) >= 11 is 0. The lowest BCUT2D eigenvalue weighted by molar-refractivity contribution is -0.116. The molecule has 0 bridgehead atoms. The van der Waals surface area contributed by atoms with E-state index in [4.69, 9.17) is 9.26 Å². The van der Waals surface area contributed by atoms with Crippen LogP contribution in [0.25, 0.3) is 11.5 Å². The third-order valence-electron chi connectivity index (χ3n) is 4.61. The zero-order chi connectivity index (χ0) is 20.2. The Morgan fingerprint density at radius 3 is 2.97 bits per heavy atom. The molecule has 1 aromatic carbocycles. The fourth-order valence-corrected chi connectivity index (χ4v) is 3.04. The van der Waals surface area contributed by atoms with E-state index in [1.165, 1.54) is 0 Å². The molecule has 2 aromatic heterocycles. The summed E-state index contributed by atoms with van der Waals surface area (Å²) in [6.45, 7) is 5.11. The van der Waals surface area contributed by atoms with Crippen LogP contribution in [0.3, 0.4) is 0 Å². The third kappa shape index (κ3) is 4.53. The number of fused-ring (bicyclic) bond motifs is 1. The topological polar surface area (TPSA) is 102 Å². The zero-order valence-corrected chi connectivity index (χ0v) is 16.4. The van der Waals surface area contributed by atoms with Gasteiger partial charge in [0, 0.05) is 29.8 Å². The first kappa shape index (κ1) is 18.9. The number of aromatic nitrogens is 3. The van der Waals surface area contributed by atoms with Crippen molar-refractivity contribution in [1.29, 1.82) is 0 Å². The number of nitrogens with zero attached hydrogens (tertiary/aromatic N) is 3. The van der Waals surface area contributed by atoms with E-state index in [1.54, 1.807) is 6.20 Å². The summed E-state index contributed by atoms with van der Waals surface area (Å²) < 4.78 is 11.2. The second-order valence-corrected chi connectivity index (χ2v) is 7.18. The number of aryl methyl sites for hydroxylation is 1. The predicted molar refractivity (Wildman–Crippen MR) is 109 cm³/mol. The monoisotopic (exact) mass is 393 g/mol. The number of hydrogen-bond acceptors (Lipinski definition) is 7. The molecule has 1 amide bonds. The van der Waals surface area contributed by atoms with Crippen LogP contribution in [0, 0.1) is 0 Å². The van der Waals surface area contributed by atoms with Gasteiger partial charge in [0.05, 0.1) is 6.54 Å². The van der Waals surface area contributed by atoms with Crippen LogP contribution in [-0.2, 0) is 11.2 Å². The van der Waals surface area contributed by atoms with Crippen LogP contribution in [0.4, 0.5) is 11.5 Å². The highest BCUT2D eigenvalue weighted by Gasteiger charge is 2.15. The van der Waals surface area contributed by atoms with Crippen LogP contribution in [0.2, 0.25) is 0 Å². The van der Waals surface area contributed by atoms with Crippen molar-refractivity contribution >= 4 is 17.4 Å². The summed E-state index contributed by atoms with van der Waals surface area (Å²) in [5.41, 5.74) is 2.79. The highest BCUT2D eigenvalue weighted by Crippen LogP contribution is 2.27. The summed E-state index contributed by atoms with van der Waals surface area (Å²) in [7, 11) is 0. The number of carbonyl (C=O) groups excluding carboxylic acids is 1. The average Bonchev–Trinajstić information content (AvgIpc) is 3.22. The molecule has 1 aliphatic rings. The minimum atomic E-state index is 0.0612. The van der Waals surface area contributed by atoms with E-state index < -0.39 is 0 Å². The van der Waals surface area contributed by atoms with Gasteiger partial charge in [-0.1, -0.05) is 19.0 Å². The maximum atomic E-state index is 11.4. The lowest BCUT2D eigenvalue weighted by Crippen LogP contribution is -2.19. The van der Waals surface area contributed by atoms with Crippen LogP contribution in [0.1, 0.15) is 37.6 Å². The Balaban J connectivity index is 1.31. The first-order valence-electron chi connectivity index (χ1n) is 9.68. The van der Waals surface area contributed by atoms with Crippen LogP contribution >= 0.6 is 0 Å². The third-order valence-corrected chi connectivity index (χ3v) is 4.61. The van der Waals surface area contributed by atoms with E-state index in [-0.39, 0.29) is 11.8 Å². The maximum Gasteiger partial charge on any atom is 0.258 e. The Bertz CT molecular complexity index is 1020. The normalized spacial score (nSPS) is 13.1. The molecular weight excluding hydrogens is 370 g/mol. The number of carbonyl (C=O) groups is 1. The second-order valence-electron chi connectivity index (χ2n) is 7.18. The number of benzene rings is 1. The molecule has 0 aliphatic carbocycles. The van der Waals surface area contributed by atoms with Gasteiger partial charge in [-0.3, -0.25) is 4.79 Å². The van der Waals surface area contributed by atoms with E-state index in [0.29, 0.717) is 37.1 Å².